The molecule has 0 unspecified atom stereocenters. The first-order chi connectivity index (χ1) is 7.58. The van der Waals surface area contributed by atoms with Gasteiger partial charge in [-0.2, -0.15) is 0 Å². The monoisotopic (exact) mass is 243 g/mol. The molecule has 1 rings (SSSR count). The van der Waals surface area contributed by atoms with Gasteiger partial charge in [-0.05, 0) is 31.5 Å². The van der Waals surface area contributed by atoms with E-state index in [9.17, 15) is 4.79 Å². The van der Waals surface area contributed by atoms with E-state index < -0.39 is 6.09 Å². The van der Waals surface area contributed by atoms with Crippen LogP contribution in [0, 0.1) is 6.92 Å². The molecule has 1 amide bonds. The summed E-state index contributed by atoms with van der Waals surface area (Å²) >= 11 is 5.94. The standard InChI is InChI=1S/C11H14ClNO3/c1-4-16-11(14)13-9-6-8(12)10(15-3)5-7(9)2/h5-6H,4H2,1-3H3,(H,13,14). The van der Waals surface area contributed by atoms with E-state index >= 15 is 0 Å². The van der Waals surface area contributed by atoms with Gasteiger partial charge in [-0.15, -0.1) is 0 Å². The van der Waals surface area contributed by atoms with Crippen molar-refractivity contribution in [3.63, 3.8) is 0 Å². The number of hydrogen-bond donors (Lipinski definition) is 1. The average molecular weight is 244 g/mol. The minimum atomic E-state index is -0.494. The highest BCUT2D eigenvalue weighted by molar-refractivity contribution is 6.32. The Morgan fingerprint density at radius 2 is 2.19 bits per heavy atom. The minimum absolute atomic E-state index is 0.328. The molecule has 0 radical (unpaired) electrons. The maximum absolute atomic E-state index is 11.2. The van der Waals surface area contributed by atoms with Crippen LogP contribution in [0.1, 0.15) is 12.5 Å². The van der Waals surface area contributed by atoms with E-state index in [1.54, 1.807) is 26.2 Å². The topological polar surface area (TPSA) is 47.6 Å². The predicted molar refractivity (Wildman–Crippen MR) is 63.4 cm³/mol. The first kappa shape index (κ1) is 12.6. The second-order valence-electron chi connectivity index (χ2n) is 3.15. The largest absolute Gasteiger partial charge is 0.495 e. The highest BCUT2D eigenvalue weighted by Crippen LogP contribution is 2.30. The van der Waals surface area contributed by atoms with Gasteiger partial charge in [0.15, 0.2) is 0 Å². The number of methoxy groups -OCH3 is 1. The van der Waals surface area contributed by atoms with E-state index in [1.807, 2.05) is 6.92 Å². The van der Waals surface area contributed by atoms with Crippen LogP contribution in [0.4, 0.5) is 10.5 Å². The summed E-state index contributed by atoms with van der Waals surface area (Å²) in [5.74, 6) is 0.577. The molecule has 0 heterocycles. The maximum Gasteiger partial charge on any atom is 0.411 e. The molecule has 0 saturated carbocycles. The Morgan fingerprint density at radius 3 is 2.75 bits per heavy atom. The highest BCUT2D eigenvalue weighted by atomic mass is 35.5. The predicted octanol–water partition coefficient (Wildman–Crippen LogP) is 3.23. The van der Waals surface area contributed by atoms with E-state index in [1.165, 1.54) is 0 Å². The van der Waals surface area contributed by atoms with Gasteiger partial charge in [0.05, 0.1) is 18.7 Å². The quantitative estimate of drug-likeness (QED) is 0.887. The van der Waals surface area contributed by atoms with Crippen molar-refractivity contribution in [3.05, 3.63) is 22.7 Å². The Labute approximate surface area is 99.5 Å². The number of carbonyl (C=O) groups excluding carboxylic acids is 1. The third-order valence-electron chi connectivity index (χ3n) is 2.01. The van der Waals surface area contributed by atoms with Gasteiger partial charge in [0.1, 0.15) is 5.75 Å². The Balaban J connectivity index is 2.89. The number of benzene rings is 1. The van der Waals surface area contributed by atoms with Gasteiger partial charge in [0, 0.05) is 5.69 Å². The lowest BCUT2D eigenvalue weighted by molar-refractivity contribution is 0.168. The third kappa shape index (κ3) is 3.03. The first-order valence-electron chi connectivity index (χ1n) is 4.86. The Bertz CT molecular complexity index is 393. The second-order valence-corrected chi connectivity index (χ2v) is 3.55. The Hall–Kier alpha value is -1.42. The van der Waals surface area contributed by atoms with Gasteiger partial charge in [-0.25, -0.2) is 4.79 Å². The van der Waals surface area contributed by atoms with Crippen LogP contribution in [0.3, 0.4) is 0 Å². The number of rotatable bonds is 3. The Kier molecular flexibility index (Phi) is 4.43. The maximum atomic E-state index is 11.2. The fourth-order valence-corrected chi connectivity index (χ4v) is 1.46. The summed E-state index contributed by atoms with van der Waals surface area (Å²) in [6.07, 6.45) is -0.494. The molecule has 1 N–H and O–H groups in total. The zero-order valence-corrected chi connectivity index (χ0v) is 10.2. The Morgan fingerprint density at radius 1 is 1.50 bits per heavy atom. The van der Waals surface area contributed by atoms with Crippen LogP contribution in [0.15, 0.2) is 12.1 Å². The van der Waals surface area contributed by atoms with Crippen LogP contribution in [0.2, 0.25) is 5.02 Å². The third-order valence-corrected chi connectivity index (χ3v) is 2.31. The molecule has 0 aromatic heterocycles. The van der Waals surface area contributed by atoms with E-state index in [2.05, 4.69) is 5.32 Å². The summed E-state index contributed by atoms with van der Waals surface area (Å²) in [7, 11) is 1.54. The smallest absolute Gasteiger partial charge is 0.411 e. The molecule has 16 heavy (non-hydrogen) atoms. The van der Waals surface area contributed by atoms with Crippen molar-refractivity contribution in [2.45, 2.75) is 13.8 Å². The highest BCUT2D eigenvalue weighted by Gasteiger charge is 2.09. The van der Waals surface area contributed by atoms with Crippen LogP contribution in [0.25, 0.3) is 0 Å². The number of ether oxygens (including phenoxy) is 2. The van der Waals surface area contributed by atoms with Crippen molar-refractivity contribution in [3.8, 4) is 5.75 Å². The van der Waals surface area contributed by atoms with Gasteiger partial charge in [-0.1, -0.05) is 11.6 Å². The summed E-state index contributed by atoms with van der Waals surface area (Å²) < 4.78 is 9.83. The van der Waals surface area contributed by atoms with E-state index in [0.29, 0.717) is 23.1 Å². The van der Waals surface area contributed by atoms with Crippen LogP contribution >= 0.6 is 11.6 Å². The number of aryl methyl sites for hydroxylation is 1. The van der Waals surface area contributed by atoms with E-state index in [4.69, 9.17) is 21.1 Å². The van der Waals surface area contributed by atoms with Gasteiger partial charge >= 0.3 is 6.09 Å². The van der Waals surface area contributed by atoms with Crippen molar-refractivity contribution >= 4 is 23.4 Å². The van der Waals surface area contributed by atoms with Crippen molar-refractivity contribution in [1.82, 2.24) is 0 Å². The van der Waals surface area contributed by atoms with Crippen molar-refractivity contribution in [1.29, 1.82) is 0 Å². The van der Waals surface area contributed by atoms with Crippen molar-refractivity contribution in [2.24, 2.45) is 0 Å². The lowest BCUT2D eigenvalue weighted by Crippen LogP contribution is -2.14. The lowest BCUT2D eigenvalue weighted by Gasteiger charge is -2.11. The van der Waals surface area contributed by atoms with Gasteiger partial charge < -0.3 is 9.47 Å². The van der Waals surface area contributed by atoms with Crippen LogP contribution in [-0.2, 0) is 4.74 Å². The molecule has 1 aromatic carbocycles. The van der Waals surface area contributed by atoms with Gasteiger partial charge in [0.2, 0.25) is 0 Å². The first-order valence-corrected chi connectivity index (χ1v) is 5.24. The molecule has 0 aliphatic rings. The molecule has 0 atom stereocenters. The molecule has 0 bridgehead atoms. The molecule has 0 spiro atoms. The molecular formula is C11H14ClNO3. The van der Waals surface area contributed by atoms with Crippen LogP contribution in [-0.4, -0.2) is 19.8 Å². The average Bonchev–Trinajstić information content (AvgIpc) is 2.23. The number of anilines is 1. The fraction of sp³-hybridized carbons (Fsp3) is 0.364. The zero-order chi connectivity index (χ0) is 12.1. The van der Waals surface area contributed by atoms with Crippen LogP contribution in [0.5, 0.6) is 5.75 Å². The van der Waals surface area contributed by atoms with E-state index in [0.717, 1.165) is 5.56 Å². The number of carbonyl (C=O) groups is 1. The number of halogens is 1. The summed E-state index contributed by atoms with van der Waals surface area (Å²) in [6.45, 7) is 3.92. The van der Waals surface area contributed by atoms with E-state index in [-0.39, 0.29) is 0 Å². The lowest BCUT2D eigenvalue weighted by atomic mass is 10.2. The molecular weight excluding hydrogens is 230 g/mol. The molecule has 5 heteroatoms. The second kappa shape index (κ2) is 5.61. The molecule has 0 aliphatic carbocycles. The molecule has 0 aliphatic heterocycles. The minimum Gasteiger partial charge on any atom is -0.495 e. The summed E-state index contributed by atoms with van der Waals surface area (Å²) in [5.41, 5.74) is 1.47. The molecule has 1 aromatic rings. The fourth-order valence-electron chi connectivity index (χ4n) is 1.22. The summed E-state index contributed by atoms with van der Waals surface area (Å²) in [4.78, 5) is 11.2. The normalized spacial score (nSPS) is 9.75. The summed E-state index contributed by atoms with van der Waals surface area (Å²) in [6, 6.07) is 3.39. The SMILES string of the molecule is CCOC(=O)Nc1cc(Cl)c(OC)cc1C. The van der Waals surface area contributed by atoms with Crippen LogP contribution < -0.4 is 10.1 Å². The molecule has 88 valence electrons. The van der Waals surface area contributed by atoms with Gasteiger partial charge in [0.25, 0.3) is 0 Å². The summed E-state index contributed by atoms with van der Waals surface area (Å²) in [5, 5.41) is 3.05. The zero-order valence-electron chi connectivity index (χ0n) is 9.46. The van der Waals surface area contributed by atoms with Crippen molar-refractivity contribution < 1.29 is 14.3 Å². The molecule has 4 nitrogen and oxygen atoms in total. The number of hydrogen-bond acceptors (Lipinski definition) is 3. The van der Waals surface area contributed by atoms with Crippen molar-refractivity contribution in [2.75, 3.05) is 19.0 Å². The number of nitrogens with one attached hydrogen (secondary N) is 1. The van der Waals surface area contributed by atoms with Gasteiger partial charge in [-0.3, -0.25) is 5.32 Å². The number of amides is 1. The molecule has 0 fully saturated rings. The molecule has 0 saturated heterocycles.